The van der Waals surface area contributed by atoms with Crippen molar-refractivity contribution >= 4 is 28.3 Å². The van der Waals surface area contributed by atoms with Crippen molar-refractivity contribution in [2.75, 3.05) is 0 Å². The van der Waals surface area contributed by atoms with Crippen LogP contribution in [0.2, 0.25) is 0 Å². The van der Waals surface area contributed by atoms with Crippen molar-refractivity contribution in [3.63, 3.8) is 0 Å². The molecule has 172 valence electrons. The van der Waals surface area contributed by atoms with Gasteiger partial charge in [0.05, 0.1) is 16.5 Å². The van der Waals surface area contributed by atoms with Crippen molar-refractivity contribution in [3.8, 4) is 17.5 Å². The molecule has 0 fully saturated rings. The van der Waals surface area contributed by atoms with Crippen molar-refractivity contribution in [3.05, 3.63) is 86.2 Å². The molecule has 0 atom stereocenters. The highest BCUT2D eigenvalue weighted by Gasteiger charge is 2.20. The molecule has 0 bridgehead atoms. The molecule has 8 heteroatoms. The minimum atomic E-state index is -1.01. The van der Waals surface area contributed by atoms with Crippen molar-refractivity contribution in [2.45, 2.75) is 39.3 Å². The fourth-order valence-electron chi connectivity index (χ4n) is 3.34. The van der Waals surface area contributed by atoms with Gasteiger partial charge in [0.2, 0.25) is 5.43 Å². The summed E-state index contributed by atoms with van der Waals surface area (Å²) in [5.74, 6) is 5.78. The number of fused-ring (bicyclic) bond motifs is 1. The number of aliphatic hydroxyl groups is 1. The largest absolute Gasteiger partial charge is 0.383 e. The Morgan fingerprint density at radius 1 is 1.18 bits per heavy atom. The predicted octanol–water partition coefficient (Wildman–Crippen LogP) is 3.61. The van der Waals surface area contributed by atoms with E-state index in [1.54, 1.807) is 42.9 Å². The molecule has 0 saturated heterocycles. The summed E-state index contributed by atoms with van der Waals surface area (Å²) in [4.78, 5) is 35.1. The first-order valence-electron chi connectivity index (χ1n) is 10.8. The van der Waals surface area contributed by atoms with Gasteiger partial charge in [-0.1, -0.05) is 12.0 Å². The summed E-state index contributed by atoms with van der Waals surface area (Å²) in [5.41, 5.74) is 0.594. The van der Waals surface area contributed by atoms with Gasteiger partial charge in [0, 0.05) is 29.7 Å². The van der Waals surface area contributed by atoms with E-state index in [0.717, 1.165) is 16.1 Å². The van der Waals surface area contributed by atoms with Crippen LogP contribution in [0.4, 0.5) is 0 Å². The van der Waals surface area contributed by atoms with E-state index in [2.05, 4.69) is 27.1 Å². The topological polar surface area (TPSA) is 97.1 Å². The second-order valence-electron chi connectivity index (χ2n) is 8.63. The molecule has 0 spiro atoms. The van der Waals surface area contributed by atoms with Crippen LogP contribution in [0.3, 0.4) is 0 Å². The summed E-state index contributed by atoms with van der Waals surface area (Å²) in [6.07, 6.45) is 4.79. The highest BCUT2D eigenvalue weighted by molar-refractivity contribution is 7.12. The molecule has 0 aliphatic heterocycles. The maximum Gasteiger partial charge on any atom is 0.256 e. The quantitative estimate of drug-likeness (QED) is 0.442. The Kier molecular flexibility index (Phi) is 6.33. The fraction of sp³-hybridized carbons (Fsp3) is 0.231. The van der Waals surface area contributed by atoms with E-state index in [-0.39, 0.29) is 17.0 Å². The van der Waals surface area contributed by atoms with Crippen LogP contribution in [-0.2, 0) is 5.60 Å². The Hall–Kier alpha value is -3.80. The van der Waals surface area contributed by atoms with E-state index in [4.69, 9.17) is 0 Å². The summed E-state index contributed by atoms with van der Waals surface area (Å²) in [6.45, 7) is 7.06. The van der Waals surface area contributed by atoms with Crippen molar-refractivity contribution in [1.82, 2.24) is 19.9 Å². The second-order valence-corrected chi connectivity index (χ2v) is 9.66. The minimum absolute atomic E-state index is 0.0505. The number of carbonyl (C=O) groups excluding carboxylic acids is 1. The van der Waals surface area contributed by atoms with Gasteiger partial charge in [0.15, 0.2) is 0 Å². The van der Waals surface area contributed by atoms with Gasteiger partial charge in [-0.15, -0.1) is 11.3 Å². The van der Waals surface area contributed by atoms with E-state index in [1.807, 2.05) is 38.1 Å². The normalized spacial score (nSPS) is 11.4. The summed E-state index contributed by atoms with van der Waals surface area (Å²) in [5, 5.41) is 13.9. The standard InChI is InChI=1S/C26H24N4O3S/c1-16(2)29-24(32)21-15-30(23-20(22(21)31)9-6-12-27-23)18-8-5-7-17(13-18)10-11-19-14-28-25(34-19)26(3,4)33/h5-9,12-16,33H,1-4H3,(H,29,32). The smallest absolute Gasteiger partial charge is 0.256 e. The third-order valence-corrected chi connectivity index (χ3v) is 6.14. The Morgan fingerprint density at radius 2 is 1.97 bits per heavy atom. The molecule has 34 heavy (non-hydrogen) atoms. The van der Waals surface area contributed by atoms with Crippen LogP contribution < -0.4 is 10.7 Å². The lowest BCUT2D eigenvalue weighted by Gasteiger charge is -2.14. The van der Waals surface area contributed by atoms with Gasteiger partial charge in [-0.25, -0.2) is 9.97 Å². The Bertz CT molecular complexity index is 1500. The first kappa shape index (κ1) is 23.4. The number of nitrogens with zero attached hydrogens (tertiary/aromatic N) is 3. The Balaban J connectivity index is 1.78. The molecular weight excluding hydrogens is 448 g/mol. The van der Waals surface area contributed by atoms with Crippen molar-refractivity contribution < 1.29 is 9.90 Å². The molecular formula is C26H24N4O3S. The van der Waals surface area contributed by atoms with Gasteiger partial charge in [0.25, 0.3) is 5.91 Å². The average molecular weight is 473 g/mol. The van der Waals surface area contributed by atoms with Crippen LogP contribution in [-0.4, -0.2) is 31.6 Å². The van der Waals surface area contributed by atoms with E-state index >= 15 is 0 Å². The molecule has 1 aromatic carbocycles. The molecule has 1 amide bonds. The highest BCUT2D eigenvalue weighted by atomic mass is 32.1. The summed E-state index contributed by atoms with van der Waals surface area (Å²) >= 11 is 1.34. The first-order chi connectivity index (χ1) is 16.1. The monoisotopic (exact) mass is 472 g/mol. The number of amides is 1. The number of benzene rings is 1. The molecule has 4 aromatic rings. The van der Waals surface area contributed by atoms with Gasteiger partial charge in [-0.05, 0) is 63.9 Å². The molecule has 3 aromatic heterocycles. The Morgan fingerprint density at radius 3 is 2.68 bits per heavy atom. The number of carbonyl (C=O) groups is 1. The number of thiazole rings is 1. The molecule has 7 nitrogen and oxygen atoms in total. The summed E-state index contributed by atoms with van der Waals surface area (Å²) in [6, 6.07) is 10.7. The second kappa shape index (κ2) is 9.21. The van der Waals surface area contributed by atoms with E-state index < -0.39 is 11.5 Å². The molecule has 0 radical (unpaired) electrons. The number of nitrogens with one attached hydrogen (secondary N) is 1. The number of aromatic nitrogens is 3. The van der Waals surface area contributed by atoms with Gasteiger partial charge < -0.3 is 15.0 Å². The number of rotatable bonds is 4. The zero-order valence-electron chi connectivity index (χ0n) is 19.3. The van der Waals surface area contributed by atoms with Gasteiger partial charge in [0.1, 0.15) is 21.8 Å². The first-order valence-corrected chi connectivity index (χ1v) is 11.6. The minimum Gasteiger partial charge on any atom is -0.383 e. The summed E-state index contributed by atoms with van der Waals surface area (Å²) < 4.78 is 1.73. The van der Waals surface area contributed by atoms with E-state index in [1.165, 1.54) is 17.5 Å². The van der Waals surface area contributed by atoms with Gasteiger partial charge in [-0.3, -0.25) is 9.59 Å². The third-order valence-electron chi connectivity index (χ3n) is 4.91. The maximum atomic E-state index is 13.0. The predicted molar refractivity (Wildman–Crippen MR) is 133 cm³/mol. The van der Waals surface area contributed by atoms with Crippen LogP contribution >= 0.6 is 11.3 Å². The van der Waals surface area contributed by atoms with Crippen molar-refractivity contribution in [2.24, 2.45) is 0 Å². The van der Waals surface area contributed by atoms with Crippen molar-refractivity contribution in [1.29, 1.82) is 0 Å². The Labute approximate surface area is 201 Å². The zero-order chi connectivity index (χ0) is 24.5. The highest BCUT2D eigenvalue weighted by Crippen LogP contribution is 2.24. The molecule has 0 saturated carbocycles. The van der Waals surface area contributed by atoms with Crippen LogP contribution in [0.5, 0.6) is 0 Å². The fourth-order valence-corrected chi connectivity index (χ4v) is 4.11. The maximum absolute atomic E-state index is 13.0. The lowest BCUT2D eigenvalue weighted by Crippen LogP contribution is -2.34. The average Bonchev–Trinajstić information content (AvgIpc) is 3.28. The number of pyridine rings is 2. The van der Waals surface area contributed by atoms with Gasteiger partial charge in [-0.2, -0.15) is 0 Å². The lowest BCUT2D eigenvalue weighted by atomic mass is 10.1. The number of hydrogen-bond donors (Lipinski definition) is 2. The third kappa shape index (κ3) is 4.91. The van der Waals surface area contributed by atoms with Crippen LogP contribution in [0.1, 0.15) is 53.5 Å². The molecule has 0 aliphatic rings. The molecule has 3 heterocycles. The van der Waals surface area contributed by atoms with Crippen LogP contribution in [0, 0.1) is 11.8 Å². The SMILES string of the molecule is CC(C)NC(=O)c1cn(-c2cccc(C#Cc3cnc(C(C)(C)O)s3)c2)c2ncccc2c1=O. The van der Waals surface area contributed by atoms with E-state index in [0.29, 0.717) is 16.0 Å². The lowest BCUT2D eigenvalue weighted by molar-refractivity contribution is 0.0782. The van der Waals surface area contributed by atoms with Crippen LogP contribution in [0.25, 0.3) is 16.7 Å². The number of hydrogen-bond acceptors (Lipinski definition) is 6. The summed E-state index contributed by atoms with van der Waals surface area (Å²) in [7, 11) is 0. The van der Waals surface area contributed by atoms with Gasteiger partial charge >= 0.3 is 0 Å². The molecule has 2 N–H and O–H groups in total. The van der Waals surface area contributed by atoms with E-state index in [9.17, 15) is 14.7 Å². The molecule has 0 unspecified atom stereocenters. The van der Waals surface area contributed by atoms with Crippen LogP contribution in [0.15, 0.2) is 59.8 Å². The molecule has 4 rings (SSSR count). The molecule has 0 aliphatic carbocycles. The zero-order valence-corrected chi connectivity index (χ0v) is 20.1.